The van der Waals surface area contributed by atoms with Gasteiger partial charge >= 0.3 is 0 Å². The number of halogens is 2. The van der Waals surface area contributed by atoms with Crippen LogP contribution in [0.1, 0.15) is 24.1 Å². The minimum absolute atomic E-state index is 0. The Kier molecular flexibility index (Phi) is 6.24. The first-order valence-electron chi connectivity index (χ1n) is 9.27. The standard InChI is InChI=1S/C21H22FN3O.ClH/c22-17-9-7-16(8-10-17)15-20-18-5-1-2-6-19(18)21(26)25(23-20)14-13-24-11-3-4-12-24;/h1-2,5-10H,3-4,11-15H2;1H. The molecule has 0 amide bonds. The van der Waals surface area contributed by atoms with Crippen molar-refractivity contribution in [3.8, 4) is 0 Å². The highest BCUT2D eigenvalue weighted by Crippen LogP contribution is 2.17. The molecule has 0 aliphatic carbocycles. The first-order valence-corrected chi connectivity index (χ1v) is 9.27. The fourth-order valence-corrected chi connectivity index (χ4v) is 3.77. The van der Waals surface area contributed by atoms with Crippen molar-refractivity contribution in [2.75, 3.05) is 19.6 Å². The quantitative estimate of drug-likeness (QED) is 0.598. The predicted molar refractivity (Wildman–Crippen MR) is 100 cm³/mol. The zero-order valence-electron chi connectivity index (χ0n) is 15.1. The predicted octanol–water partition coefficient (Wildman–Crippen LogP) is -1.19. The van der Waals surface area contributed by atoms with E-state index in [4.69, 9.17) is 0 Å². The van der Waals surface area contributed by atoms with Crippen LogP contribution < -0.4 is 22.9 Å². The van der Waals surface area contributed by atoms with Gasteiger partial charge in [0.25, 0.3) is 5.56 Å². The average molecular weight is 388 g/mol. The lowest BCUT2D eigenvalue weighted by Crippen LogP contribution is -3.10. The number of hydrogen-bond acceptors (Lipinski definition) is 2. The Morgan fingerprint density at radius 1 is 1.00 bits per heavy atom. The van der Waals surface area contributed by atoms with Gasteiger partial charge in [-0.1, -0.05) is 30.3 Å². The van der Waals surface area contributed by atoms with E-state index in [1.54, 1.807) is 21.7 Å². The van der Waals surface area contributed by atoms with Crippen molar-refractivity contribution in [1.29, 1.82) is 0 Å². The van der Waals surface area contributed by atoms with E-state index in [1.807, 2.05) is 24.3 Å². The van der Waals surface area contributed by atoms with E-state index >= 15 is 0 Å². The normalized spacial score (nSPS) is 14.4. The average Bonchev–Trinajstić information content (AvgIpc) is 3.18. The maximum Gasteiger partial charge on any atom is 0.274 e. The molecule has 27 heavy (non-hydrogen) atoms. The topological polar surface area (TPSA) is 39.3 Å². The molecule has 1 aliphatic rings. The lowest BCUT2D eigenvalue weighted by molar-refractivity contribution is -0.888. The molecule has 2 aromatic carbocycles. The number of nitrogens with one attached hydrogen (secondary N) is 1. The Bertz CT molecular complexity index is 965. The molecule has 4 nitrogen and oxygen atoms in total. The zero-order chi connectivity index (χ0) is 17.9. The van der Waals surface area contributed by atoms with Gasteiger partial charge in [0, 0.05) is 24.6 Å². The minimum Gasteiger partial charge on any atom is -1.00 e. The van der Waals surface area contributed by atoms with Gasteiger partial charge in [-0.25, -0.2) is 9.07 Å². The molecule has 1 saturated heterocycles. The van der Waals surface area contributed by atoms with Crippen LogP contribution in [0.5, 0.6) is 0 Å². The highest BCUT2D eigenvalue weighted by atomic mass is 35.5. The van der Waals surface area contributed by atoms with Crippen LogP contribution in [0.25, 0.3) is 10.8 Å². The first kappa shape index (κ1) is 19.5. The molecular weight excluding hydrogens is 365 g/mol. The number of rotatable bonds is 5. The van der Waals surface area contributed by atoms with E-state index in [9.17, 15) is 9.18 Å². The second-order valence-corrected chi connectivity index (χ2v) is 7.03. The Morgan fingerprint density at radius 2 is 1.67 bits per heavy atom. The van der Waals surface area contributed by atoms with E-state index in [1.165, 1.54) is 38.1 Å². The fourth-order valence-electron chi connectivity index (χ4n) is 3.77. The van der Waals surface area contributed by atoms with E-state index in [0.29, 0.717) is 18.4 Å². The van der Waals surface area contributed by atoms with E-state index in [-0.39, 0.29) is 23.8 Å². The highest BCUT2D eigenvalue weighted by Gasteiger charge is 2.17. The number of quaternary nitrogens is 1. The molecule has 0 radical (unpaired) electrons. The summed E-state index contributed by atoms with van der Waals surface area (Å²) in [5.74, 6) is -0.245. The summed E-state index contributed by atoms with van der Waals surface area (Å²) >= 11 is 0. The SMILES string of the molecule is O=c1c2ccccc2c(Cc2ccc(F)cc2)nn1CC[NH+]1CCCC1.[Cl-]. The van der Waals surface area contributed by atoms with Crippen LogP contribution in [0.3, 0.4) is 0 Å². The van der Waals surface area contributed by atoms with Crippen LogP contribution in [-0.2, 0) is 13.0 Å². The molecular formula is C21H23ClFN3O. The van der Waals surface area contributed by atoms with Crippen LogP contribution in [0.2, 0.25) is 0 Å². The van der Waals surface area contributed by atoms with Crippen molar-refractivity contribution in [3.05, 3.63) is 76.0 Å². The van der Waals surface area contributed by atoms with Crippen LogP contribution in [-0.4, -0.2) is 29.4 Å². The Labute approximate surface area is 164 Å². The van der Waals surface area contributed by atoms with Crippen molar-refractivity contribution in [2.45, 2.75) is 25.8 Å². The summed E-state index contributed by atoms with van der Waals surface area (Å²) < 4.78 is 14.8. The number of nitrogens with zero attached hydrogens (tertiary/aromatic N) is 2. The summed E-state index contributed by atoms with van der Waals surface area (Å²) in [6.07, 6.45) is 3.12. The van der Waals surface area contributed by atoms with Crippen molar-refractivity contribution >= 4 is 10.8 Å². The zero-order valence-corrected chi connectivity index (χ0v) is 15.9. The lowest BCUT2D eigenvalue weighted by Gasteiger charge is -2.14. The maximum atomic E-state index is 13.2. The second-order valence-electron chi connectivity index (χ2n) is 7.03. The summed E-state index contributed by atoms with van der Waals surface area (Å²) in [6.45, 7) is 3.94. The molecule has 0 atom stereocenters. The molecule has 1 aromatic heterocycles. The summed E-state index contributed by atoms with van der Waals surface area (Å²) in [5, 5.41) is 6.26. The van der Waals surface area contributed by atoms with Gasteiger partial charge in [-0.05, 0) is 23.8 Å². The van der Waals surface area contributed by atoms with Crippen molar-refractivity contribution < 1.29 is 21.7 Å². The van der Waals surface area contributed by atoms with Gasteiger partial charge in [0.15, 0.2) is 0 Å². The largest absolute Gasteiger partial charge is 1.00 e. The fraction of sp³-hybridized carbons (Fsp3) is 0.333. The Hall–Kier alpha value is -2.24. The van der Waals surface area contributed by atoms with Gasteiger partial charge in [0.2, 0.25) is 0 Å². The van der Waals surface area contributed by atoms with Gasteiger partial charge in [0.1, 0.15) is 5.82 Å². The maximum absolute atomic E-state index is 13.2. The molecule has 0 saturated carbocycles. The first-order chi connectivity index (χ1) is 12.7. The molecule has 0 unspecified atom stereocenters. The van der Waals surface area contributed by atoms with Gasteiger partial charge in [-0.2, -0.15) is 5.10 Å². The third-order valence-electron chi connectivity index (χ3n) is 5.22. The summed E-state index contributed by atoms with van der Waals surface area (Å²) in [4.78, 5) is 14.4. The van der Waals surface area contributed by atoms with Gasteiger partial charge in [-0.3, -0.25) is 4.79 Å². The van der Waals surface area contributed by atoms with Crippen molar-refractivity contribution in [2.24, 2.45) is 0 Å². The van der Waals surface area contributed by atoms with Gasteiger partial charge in [0.05, 0.1) is 37.3 Å². The van der Waals surface area contributed by atoms with E-state index in [2.05, 4.69) is 5.10 Å². The molecule has 1 fully saturated rings. The molecule has 0 bridgehead atoms. The molecule has 2 heterocycles. The molecule has 1 N–H and O–H groups in total. The lowest BCUT2D eigenvalue weighted by atomic mass is 10.0. The summed E-state index contributed by atoms with van der Waals surface area (Å²) in [7, 11) is 0. The molecule has 1 aliphatic heterocycles. The highest BCUT2D eigenvalue weighted by molar-refractivity contribution is 5.83. The van der Waals surface area contributed by atoms with E-state index in [0.717, 1.165) is 23.2 Å². The van der Waals surface area contributed by atoms with Crippen LogP contribution >= 0.6 is 0 Å². The Balaban J connectivity index is 0.00000210. The number of fused-ring (bicyclic) bond motifs is 1. The molecule has 4 rings (SSSR count). The second kappa shape index (κ2) is 8.63. The molecule has 0 spiro atoms. The molecule has 3 aromatic rings. The number of aromatic nitrogens is 2. The molecule has 142 valence electrons. The monoisotopic (exact) mass is 387 g/mol. The van der Waals surface area contributed by atoms with Gasteiger partial charge < -0.3 is 17.3 Å². The Morgan fingerprint density at radius 3 is 2.37 bits per heavy atom. The van der Waals surface area contributed by atoms with Gasteiger partial charge in [-0.15, -0.1) is 0 Å². The van der Waals surface area contributed by atoms with Crippen LogP contribution in [0.4, 0.5) is 4.39 Å². The smallest absolute Gasteiger partial charge is 0.274 e. The van der Waals surface area contributed by atoms with Crippen LogP contribution in [0, 0.1) is 5.82 Å². The third-order valence-corrected chi connectivity index (χ3v) is 5.22. The summed E-state index contributed by atoms with van der Waals surface area (Å²) in [6, 6.07) is 14.1. The number of likely N-dealkylation sites (tertiary alicyclic amines) is 1. The van der Waals surface area contributed by atoms with Crippen molar-refractivity contribution in [1.82, 2.24) is 9.78 Å². The minimum atomic E-state index is -0.245. The van der Waals surface area contributed by atoms with Crippen LogP contribution in [0.15, 0.2) is 53.3 Å². The number of hydrogen-bond donors (Lipinski definition) is 1. The third kappa shape index (κ3) is 4.37. The molecule has 6 heteroatoms. The summed E-state index contributed by atoms with van der Waals surface area (Å²) in [5.41, 5.74) is 1.82. The van der Waals surface area contributed by atoms with E-state index < -0.39 is 0 Å². The van der Waals surface area contributed by atoms with Crippen molar-refractivity contribution in [3.63, 3.8) is 0 Å². The number of benzene rings is 2.